The van der Waals surface area contributed by atoms with Gasteiger partial charge in [0, 0.05) is 107 Å². The first-order valence-electron chi connectivity index (χ1n) is 50.9. The van der Waals surface area contributed by atoms with Crippen molar-refractivity contribution in [1.29, 1.82) is 0 Å². The molecule has 0 spiro atoms. The maximum absolute atomic E-state index is 8.71. The van der Waals surface area contributed by atoms with Crippen molar-refractivity contribution in [2.45, 2.75) is 198 Å². The molecule has 4 heterocycles. The van der Waals surface area contributed by atoms with E-state index in [1.807, 2.05) is 225 Å². The van der Waals surface area contributed by atoms with Gasteiger partial charge in [-0.15, -0.1) is 0 Å². The molecule has 0 saturated heterocycles. The standard InChI is InChI=1S/C27H34N.2C26H32N.C25H30N/c1-18-14-26(28(8)17-21(18)4)25-15-24(19(2)13-20(25)3)23-11-9-22(10-12-23)16-27(5,6)7;1-17(2)12-22-8-10-23(11-9-22)24-15-25(20(5)13-19(24)4)26-14-18(3)21(6)16-27(26)7;1-18-14-25(27(7)17-22(18)16-26(4,5)6)24-15-23(19(2)13-20(24)3)21-11-9-8-10-12-21;1-16(2)21-8-10-22(11-9-21)23-14-24(19(5)12-18(23)4)25-13-17(3)20(6)15-26(25)7/h9-15,17H,16H2,1-8H3;8-11,13-17H,12H2,1-7H3;8-15,17H,16H2,1-7H3;8-16H,1-7H3/q4*+1/i2D3,4D3,16D2;4D3,6D3,12D2;2D3,16D2;4D3,6D3,16D. The second-order valence-electron chi connectivity index (χ2n) is 31.5. The van der Waals surface area contributed by atoms with E-state index in [9.17, 15) is 0 Å². The quantitative estimate of drug-likeness (QED) is 0.102. The minimum Gasteiger partial charge on any atom is -0.201 e. The molecule has 0 aliphatic carbocycles. The van der Waals surface area contributed by atoms with Crippen molar-refractivity contribution in [2.24, 2.45) is 44.9 Å². The molecule has 0 fully saturated rings. The monoisotopic (exact) mass is 1460 g/mol. The van der Waals surface area contributed by atoms with Crippen LogP contribution >= 0.6 is 0 Å². The van der Waals surface area contributed by atoms with Crippen LogP contribution in [-0.4, -0.2) is 0 Å². The third-order valence-electron chi connectivity index (χ3n) is 19.2. The zero-order chi connectivity index (χ0) is 103. The Balaban J connectivity index is 0.000000203. The van der Waals surface area contributed by atoms with E-state index in [4.69, 9.17) is 38.4 Å². The van der Waals surface area contributed by atoms with E-state index in [1.165, 1.54) is 0 Å². The lowest BCUT2D eigenvalue weighted by atomic mass is 9.86. The van der Waals surface area contributed by atoms with Crippen LogP contribution in [0.5, 0.6) is 0 Å². The average molecular weight is 1460 g/mol. The molecule has 0 bridgehead atoms. The molecule has 0 radical (unpaired) electrons. The van der Waals surface area contributed by atoms with Crippen molar-refractivity contribution in [1.82, 2.24) is 0 Å². The normalized spacial score (nSPS) is 16.6. The third kappa shape index (κ3) is 20.6. The molecule has 8 aromatic carbocycles. The van der Waals surface area contributed by atoms with Gasteiger partial charge in [-0.05, 0) is 297 Å². The third-order valence-corrected chi connectivity index (χ3v) is 19.2. The van der Waals surface area contributed by atoms with Crippen LogP contribution in [0.1, 0.15) is 219 Å². The van der Waals surface area contributed by atoms with Gasteiger partial charge in [-0.25, -0.2) is 18.3 Å². The van der Waals surface area contributed by atoms with E-state index in [0.29, 0.717) is 77.9 Å². The summed E-state index contributed by atoms with van der Waals surface area (Å²) < 4.78 is 234. The van der Waals surface area contributed by atoms with Crippen molar-refractivity contribution >= 4 is 0 Å². The molecule has 4 aromatic heterocycles. The SMILES string of the molecule is [2H]C([2H])([2H])c1c[n+](C)c(-c2cc(-c3ccc(C([2H])(C)C)cc3)c(C([2H])([2H])[2H])cc2C)cc1C.[2H]C([2H])([2H])c1c[n+](C)c(-c2cc(-c3ccc(C([2H])([2H])C(C)(C)C)cc3)c(C([2H])([2H])[2H])cc2C)cc1C.[2H]C([2H])([2H])c1c[n+](C)c(-c2cc(-c3ccc(C([2H])([2H])C(C)C)cc3)c(C([2H])([2H])[2H])cc2C)cc1C.[2H]C([2H])([2H])c1cc(C)c(-c2cc(C)c(C([2H])([2H])C(C)(C)C)c[n+]2C)cc1-c1ccccc1. The van der Waals surface area contributed by atoms with Crippen LogP contribution in [0, 0.1) is 120 Å². The molecular weight excluding hydrogens is 1310 g/mol. The number of hydrogen-bond donors (Lipinski definition) is 0. The van der Waals surface area contributed by atoms with Crippen molar-refractivity contribution in [3.8, 4) is 89.5 Å². The summed E-state index contributed by atoms with van der Waals surface area (Å²) in [6.07, 6.45) is 2.15. The summed E-state index contributed by atoms with van der Waals surface area (Å²) in [6, 6.07) is 52.8. The molecule has 0 aliphatic heterocycles. The Bertz CT molecular complexity index is 6380. The van der Waals surface area contributed by atoms with Gasteiger partial charge in [-0.3, -0.25) is 0 Å². The smallest absolute Gasteiger partial charge is 0.201 e. The van der Waals surface area contributed by atoms with Crippen LogP contribution in [0.25, 0.3) is 89.5 Å². The predicted octanol–water partition coefficient (Wildman–Crippen LogP) is 25.5. The second kappa shape index (κ2) is 34.7. The van der Waals surface area contributed by atoms with Crippen LogP contribution < -0.4 is 18.3 Å². The first-order chi connectivity index (χ1) is 61.8. The summed E-state index contributed by atoms with van der Waals surface area (Å²) in [5.74, 6) is -0.960. The van der Waals surface area contributed by atoms with Crippen molar-refractivity contribution in [3.63, 3.8) is 0 Å². The highest BCUT2D eigenvalue weighted by Crippen LogP contribution is 2.38. The van der Waals surface area contributed by atoms with Gasteiger partial charge in [0.1, 0.15) is 28.2 Å². The lowest BCUT2D eigenvalue weighted by molar-refractivity contribution is -0.661. The first-order valence-corrected chi connectivity index (χ1v) is 36.9. The molecule has 560 valence electrons. The van der Waals surface area contributed by atoms with Gasteiger partial charge in [-0.1, -0.05) is 197 Å². The van der Waals surface area contributed by atoms with Gasteiger partial charge in [0.25, 0.3) is 0 Å². The van der Waals surface area contributed by atoms with Gasteiger partial charge in [0.2, 0.25) is 22.8 Å². The van der Waals surface area contributed by atoms with Gasteiger partial charge in [-0.2, -0.15) is 0 Å². The minimum atomic E-state index is -2.35. The van der Waals surface area contributed by atoms with Crippen LogP contribution in [0.3, 0.4) is 0 Å². The average Bonchev–Trinajstić information content (AvgIpc) is 0.782. The first kappa shape index (κ1) is 51.6. The minimum absolute atomic E-state index is 0.210. The molecule has 0 amide bonds. The highest BCUT2D eigenvalue weighted by molar-refractivity contribution is 5.80. The van der Waals surface area contributed by atoms with Gasteiger partial charge in [0.05, 0.1) is 0 Å². The molecule has 12 rings (SSSR count). The van der Waals surface area contributed by atoms with Crippen molar-refractivity contribution in [2.75, 3.05) is 0 Å². The maximum atomic E-state index is 8.71. The lowest BCUT2D eigenvalue weighted by Gasteiger charge is -2.19. The van der Waals surface area contributed by atoms with E-state index >= 15 is 0 Å². The maximum Gasteiger partial charge on any atom is 0.212 e. The fraction of sp³-hybridized carbons (Fsp3) is 0.346. The van der Waals surface area contributed by atoms with Gasteiger partial charge in [0.15, 0.2) is 24.8 Å². The molecule has 0 N–H and O–H groups in total. The number of pyridine rings is 4. The molecule has 12 aromatic rings. The van der Waals surface area contributed by atoms with E-state index < -0.39 is 83.8 Å². The highest BCUT2D eigenvalue weighted by Gasteiger charge is 2.24. The number of aromatic nitrogens is 4. The predicted molar refractivity (Wildman–Crippen MR) is 464 cm³/mol. The van der Waals surface area contributed by atoms with Crippen LogP contribution in [0.4, 0.5) is 0 Å². The zero-order valence-electron chi connectivity index (χ0n) is 95.4. The molecule has 4 nitrogen and oxygen atoms in total. The van der Waals surface area contributed by atoms with E-state index in [0.717, 1.165) is 89.5 Å². The van der Waals surface area contributed by atoms with E-state index in [1.54, 1.807) is 147 Å². The summed E-state index contributed by atoms with van der Waals surface area (Å²) >= 11 is 0. The van der Waals surface area contributed by atoms with Crippen LogP contribution in [0.2, 0.25) is 0 Å². The number of nitrogens with zero attached hydrogens (tertiary/aromatic N) is 4. The van der Waals surface area contributed by atoms with Crippen LogP contribution in [0.15, 0.2) is 201 Å². The summed E-state index contributed by atoms with van der Waals surface area (Å²) in [4.78, 5) is 0. The highest BCUT2D eigenvalue weighted by atomic mass is 14.9. The summed E-state index contributed by atoms with van der Waals surface area (Å²) in [6.45, 7) is 17.4. The Labute approximate surface area is 692 Å². The van der Waals surface area contributed by atoms with Crippen LogP contribution in [-0.2, 0) is 47.3 Å². The molecule has 4 heteroatoms. The van der Waals surface area contributed by atoms with Gasteiger partial charge >= 0.3 is 0 Å². The number of hydrogen-bond acceptors (Lipinski definition) is 0. The Morgan fingerprint density at radius 2 is 0.602 bits per heavy atom. The van der Waals surface area contributed by atoms with Crippen molar-refractivity contribution < 1.29 is 56.6 Å². The Morgan fingerprint density at radius 1 is 0.306 bits per heavy atom. The summed E-state index contributed by atoms with van der Waals surface area (Å²) in [5, 5.41) is 0. The lowest BCUT2D eigenvalue weighted by Crippen LogP contribution is -2.32. The zero-order valence-corrected chi connectivity index (χ0v) is 67.4. The Hall–Kier alpha value is -9.64. The Kier molecular flexibility index (Phi) is 16.6. The molecule has 0 atom stereocenters. The van der Waals surface area contributed by atoms with E-state index in [2.05, 4.69) is 0 Å². The molecular formula is C104H128N4+4. The molecule has 0 saturated carbocycles. The topological polar surface area (TPSA) is 15.5 Å². The number of benzene rings is 8. The number of aryl methyl sites for hydroxylation is 19. The van der Waals surface area contributed by atoms with Crippen molar-refractivity contribution in [3.05, 3.63) is 306 Å². The largest absolute Gasteiger partial charge is 0.212 e. The second-order valence-corrected chi connectivity index (χ2v) is 31.5. The number of rotatable bonds is 13. The Morgan fingerprint density at radius 3 is 0.907 bits per heavy atom. The fourth-order valence-electron chi connectivity index (χ4n) is 13.3. The summed E-state index contributed by atoms with van der Waals surface area (Å²) in [7, 11) is 7.27. The molecule has 0 unspecified atom stereocenters. The molecule has 108 heavy (non-hydrogen) atoms. The van der Waals surface area contributed by atoms with Gasteiger partial charge < -0.3 is 0 Å². The molecule has 0 aliphatic rings. The summed E-state index contributed by atoms with van der Waals surface area (Å²) in [5.41, 5.74) is 21.3. The fourth-order valence-corrected chi connectivity index (χ4v) is 13.3. The van der Waals surface area contributed by atoms with E-state index in [-0.39, 0.29) is 33.7 Å².